The minimum absolute atomic E-state index is 0.0468. The molecule has 12 heteroatoms. The highest BCUT2D eigenvalue weighted by Crippen LogP contribution is 2.29. The van der Waals surface area contributed by atoms with Crippen molar-refractivity contribution in [1.29, 1.82) is 0 Å². The van der Waals surface area contributed by atoms with E-state index >= 15 is 0 Å². The van der Waals surface area contributed by atoms with Crippen molar-refractivity contribution in [2.45, 2.75) is 30.1 Å². The first-order chi connectivity index (χ1) is 13.9. The molecule has 0 saturated carbocycles. The summed E-state index contributed by atoms with van der Waals surface area (Å²) in [6.45, 7) is 0.406. The molecule has 2 heterocycles. The second-order valence-corrected chi connectivity index (χ2v) is 8.68. The topological polar surface area (TPSA) is 127 Å². The lowest BCUT2D eigenvalue weighted by Gasteiger charge is -2.17. The summed E-state index contributed by atoms with van der Waals surface area (Å²) in [4.78, 5) is 18.1. The Bertz CT molecular complexity index is 1010. The van der Waals surface area contributed by atoms with Crippen molar-refractivity contribution in [2.75, 3.05) is 6.79 Å². The fourth-order valence-corrected chi connectivity index (χ4v) is 4.36. The van der Waals surface area contributed by atoms with Gasteiger partial charge in [-0.1, -0.05) is 4.83 Å². The molecule has 10 nitrogen and oxygen atoms in total. The third-order valence-electron chi connectivity index (χ3n) is 4.37. The Morgan fingerprint density at radius 1 is 1.34 bits per heavy atom. The molecule has 1 amide bonds. The molecule has 2 aromatic rings. The molecule has 0 radical (unpaired) electrons. The van der Waals surface area contributed by atoms with E-state index in [2.05, 4.69) is 4.98 Å². The van der Waals surface area contributed by atoms with E-state index in [9.17, 15) is 18.4 Å². The maximum absolute atomic E-state index is 12.4. The maximum atomic E-state index is 12.4. The largest absolute Gasteiger partial charge is 0.487 e. The van der Waals surface area contributed by atoms with Crippen molar-refractivity contribution >= 4 is 27.3 Å². The van der Waals surface area contributed by atoms with Crippen molar-refractivity contribution in [2.24, 2.45) is 0 Å². The lowest BCUT2D eigenvalue weighted by Crippen LogP contribution is -2.44. The van der Waals surface area contributed by atoms with Gasteiger partial charge >= 0.3 is 0 Å². The predicted molar refractivity (Wildman–Crippen MR) is 99.2 cm³/mol. The van der Waals surface area contributed by atoms with E-state index < -0.39 is 15.9 Å². The number of hydrazine groups is 1. The molecular formula is C17H17N3O7S2. The van der Waals surface area contributed by atoms with E-state index in [-0.39, 0.29) is 47.7 Å². The number of nitrogens with zero attached hydrogens (tertiary/aromatic N) is 2. The predicted octanol–water partition coefficient (Wildman–Crippen LogP) is 1.20. The van der Waals surface area contributed by atoms with E-state index in [1.807, 2.05) is 10.2 Å². The number of thiazole rings is 1. The van der Waals surface area contributed by atoms with Gasteiger partial charge in [-0.15, -0.1) is 16.5 Å². The molecule has 0 bridgehead atoms. The number of hydrogen-bond donors (Lipinski definition) is 2. The van der Waals surface area contributed by atoms with Crippen molar-refractivity contribution in [1.82, 2.24) is 15.0 Å². The summed E-state index contributed by atoms with van der Waals surface area (Å²) >= 11 is 1.45. The highest BCUT2D eigenvalue weighted by molar-refractivity contribution is 7.89. The number of rotatable bonds is 7. The van der Waals surface area contributed by atoms with Gasteiger partial charge in [-0.05, 0) is 30.3 Å². The minimum Gasteiger partial charge on any atom is -0.487 e. The number of carbonyl (C=O) groups is 1. The molecule has 2 aliphatic rings. The summed E-state index contributed by atoms with van der Waals surface area (Å²) in [5, 5.41) is 11.7. The number of hydroxylamine groups is 1. The van der Waals surface area contributed by atoms with E-state index in [4.69, 9.17) is 14.2 Å². The Hall–Kier alpha value is -2.35. The summed E-state index contributed by atoms with van der Waals surface area (Å²) < 4.78 is 40.9. The molecule has 1 aromatic carbocycles. The molecule has 29 heavy (non-hydrogen) atoms. The molecule has 2 unspecified atom stereocenters. The van der Waals surface area contributed by atoms with E-state index in [0.29, 0.717) is 5.75 Å². The lowest BCUT2D eigenvalue weighted by molar-refractivity contribution is -0.167. The van der Waals surface area contributed by atoms with Crippen LogP contribution in [0.5, 0.6) is 5.75 Å². The summed E-state index contributed by atoms with van der Waals surface area (Å²) in [5.41, 5.74) is 2.66. The molecule has 2 atom stereocenters. The van der Waals surface area contributed by atoms with Crippen LogP contribution >= 0.6 is 11.3 Å². The molecular weight excluding hydrogens is 422 g/mol. The fraction of sp³-hybridized carbons (Fsp3) is 0.294. The number of nitrogens with one attached hydrogen (secondary N) is 1. The van der Waals surface area contributed by atoms with Gasteiger partial charge in [0.15, 0.2) is 0 Å². The first-order valence-corrected chi connectivity index (χ1v) is 10.9. The number of aromatic nitrogens is 1. The van der Waals surface area contributed by atoms with Crippen LogP contribution in [-0.2, 0) is 30.9 Å². The van der Waals surface area contributed by atoms with Crippen molar-refractivity contribution in [3.8, 4) is 5.75 Å². The van der Waals surface area contributed by atoms with Crippen LogP contribution in [-0.4, -0.2) is 48.7 Å². The van der Waals surface area contributed by atoms with Crippen LogP contribution in [0.4, 0.5) is 0 Å². The molecule has 1 fully saturated rings. The van der Waals surface area contributed by atoms with Gasteiger partial charge in [0.1, 0.15) is 25.3 Å². The molecule has 2 N–H and O–H groups in total. The molecule has 154 valence electrons. The van der Waals surface area contributed by atoms with Crippen LogP contribution in [0.15, 0.2) is 51.7 Å². The number of carbonyl (C=O) groups excluding carboxylic acids is 1. The molecule has 1 saturated heterocycles. The van der Waals surface area contributed by atoms with Gasteiger partial charge in [-0.25, -0.2) is 13.4 Å². The molecule has 1 aliphatic carbocycles. The van der Waals surface area contributed by atoms with Gasteiger partial charge in [0.05, 0.1) is 22.2 Å². The lowest BCUT2D eigenvalue weighted by atomic mass is 10.2. The average molecular weight is 439 g/mol. The second-order valence-electron chi connectivity index (χ2n) is 6.30. The summed E-state index contributed by atoms with van der Waals surface area (Å²) in [7, 11) is -4.18. The summed E-state index contributed by atoms with van der Waals surface area (Å²) in [6.07, 6.45) is 1.09. The van der Waals surface area contributed by atoms with Gasteiger partial charge in [0, 0.05) is 17.4 Å². The monoisotopic (exact) mass is 439 g/mol. The summed E-state index contributed by atoms with van der Waals surface area (Å²) in [5.74, 6) is -0.435. The van der Waals surface area contributed by atoms with Crippen molar-refractivity contribution < 1.29 is 32.6 Å². The zero-order valence-corrected chi connectivity index (χ0v) is 16.6. The van der Waals surface area contributed by atoms with E-state index in [1.54, 1.807) is 5.51 Å². The van der Waals surface area contributed by atoms with E-state index in [0.717, 1.165) is 5.69 Å². The fourth-order valence-electron chi connectivity index (χ4n) is 2.90. The zero-order chi connectivity index (χ0) is 20.4. The molecule has 0 spiro atoms. The third-order valence-corrected chi connectivity index (χ3v) is 6.31. The normalized spacial score (nSPS) is 20.9. The van der Waals surface area contributed by atoms with Crippen LogP contribution in [0.3, 0.4) is 0 Å². The zero-order valence-electron chi connectivity index (χ0n) is 14.9. The molecule has 1 aromatic heterocycles. The second kappa shape index (κ2) is 8.18. The van der Waals surface area contributed by atoms with Gasteiger partial charge in [0.2, 0.25) is 0 Å². The number of fused-ring (bicyclic) bond motifs is 1. The van der Waals surface area contributed by atoms with Crippen LogP contribution in [0, 0.1) is 0 Å². The highest BCUT2D eigenvalue weighted by atomic mass is 32.2. The highest BCUT2D eigenvalue weighted by Gasteiger charge is 2.38. The van der Waals surface area contributed by atoms with Crippen molar-refractivity contribution in [3.63, 3.8) is 0 Å². The first-order valence-electron chi connectivity index (χ1n) is 8.52. The quantitative estimate of drug-likeness (QED) is 0.487. The number of amides is 1. The van der Waals surface area contributed by atoms with E-state index in [1.165, 1.54) is 41.7 Å². The van der Waals surface area contributed by atoms with Gasteiger partial charge in [-0.3, -0.25) is 10.0 Å². The third kappa shape index (κ3) is 4.47. The SMILES string of the molecule is O=C(C1=CC2OCOC2C1)N(O)NS(=O)(=O)c1ccc(OCc2cscn2)cc1. The van der Waals surface area contributed by atoms with Crippen LogP contribution < -0.4 is 9.57 Å². The Morgan fingerprint density at radius 2 is 2.14 bits per heavy atom. The number of benzene rings is 1. The average Bonchev–Trinajstić information content (AvgIpc) is 3.43. The molecule has 4 rings (SSSR count). The number of hydrogen-bond acceptors (Lipinski definition) is 9. The van der Waals surface area contributed by atoms with Crippen LogP contribution in [0.2, 0.25) is 0 Å². The van der Waals surface area contributed by atoms with Gasteiger partial charge < -0.3 is 14.2 Å². The Labute approximate surface area is 170 Å². The van der Waals surface area contributed by atoms with Crippen LogP contribution in [0.1, 0.15) is 12.1 Å². The Balaban J connectivity index is 1.37. The van der Waals surface area contributed by atoms with Gasteiger partial charge in [-0.2, -0.15) is 0 Å². The standard InChI is InChI=1S/C17H17N3O7S2/c21-17(11-5-15-16(6-11)27-10-26-15)20(22)19-29(23,24)14-3-1-13(2-4-14)25-7-12-8-28-9-18-12/h1-5,8-9,15-16,19,22H,6-7,10H2. The van der Waals surface area contributed by atoms with Crippen LogP contribution in [0.25, 0.3) is 0 Å². The minimum atomic E-state index is -4.18. The smallest absolute Gasteiger partial charge is 0.289 e. The maximum Gasteiger partial charge on any atom is 0.289 e. The van der Waals surface area contributed by atoms with Gasteiger partial charge in [0.25, 0.3) is 15.9 Å². The van der Waals surface area contributed by atoms with Crippen molar-refractivity contribution in [3.05, 3.63) is 52.5 Å². The Morgan fingerprint density at radius 3 is 2.83 bits per heavy atom. The first kappa shape index (κ1) is 19.9. The summed E-state index contributed by atoms with van der Waals surface area (Å²) in [6, 6.07) is 5.55. The number of sulfonamides is 1. The number of ether oxygens (including phenoxy) is 3. The Kier molecular flexibility index (Phi) is 5.63. The molecule has 1 aliphatic heterocycles.